The fraction of sp³-hybridized carbons (Fsp3) is 0.0625. The molecular weight excluding hydrogens is 667 g/mol. The number of hydrogen-bond acceptors (Lipinski definition) is 6. The van der Waals surface area contributed by atoms with Gasteiger partial charge in [0.25, 0.3) is 0 Å². The number of benzene rings is 7. The topological polar surface area (TPSA) is 70.3 Å². The van der Waals surface area contributed by atoms with E-state index in [0.717, 1.165) is 55.5 Å². The van der Waals surface area contributed by atoms with E-state index in [4.69, 9.17) is 28.8 Å². The van der Waals surface area contributed by atoms with Gasteiger partial charge in [0.1, 0.15) is 11.2 Å². The van der Waals surface area contributed by atoms with E-state index in [1.54, 1.807) is 0 Å². The van der Waals surface area contributed by atoms with Crippen molar-refractivity contribution in [2.24, 2.45) is 0 Å². The van der Waals surface area contributed by atoms with Crippen LogP contribution in [0, 0.1) is 0 Å². The molecule has 0 amide bonds. The lowest BCUT2D eigenvalue weighted by atomic mass is 9.82. The fourth-order valence-corrected chi connectivity index (χ4v) is 8.14. The Kier molecular flexibility index (Phi) is 6.49. The van der Waals surface area contributed by atoms with Crippen molar-refractivity contribution in [3.05, 3.63) is 163 Å². The van der Waals surface area contributed by atoms with Crippen LogP contribution >= 0.6 is 0 Å². The molecule has 0 N–H and O–H groups in total. The highest BCUT2D eigenvalue weighted by molar-refractivity contribution is 6.09. The summed E-state index contributed by atoms with van der Waals surface area (Å²) in [5, 5.41) is 2.20. The molecule has 9 aromatic rings. The summed E-state index contributed by atoms with van der Waals surface area (Å²) in [7, 11) is 0. The van der Waals surface area contributed by atoms with Gasteiger partial charge in [0.2, 0.25) is 0 Å². The molecule has 7 aromatic carbocycles. The van der Waals surface area contributed by atoms with Crippen molar-refractivity contribution >= 4 is 21.9 Å². The first-order valence-electron chi connectivity index (χ1n) is 18.1. The SMILES string of the molecule is CC1(C)c2ccccc2-c2c1ccc1c2Oc2cccc(-c3nc(-c4ccccc4)nc(-c4ccc(-c5cccc6c5oc5ccccc56)cc4)n3)c2O1. The van der Waals surface area contributed by atoms with Crippen molar-refractivity contribution in [3.8, 4) is 79.4 Å². The summed E-state index contributed by atoms with van der Waals surface area (Å²) in [5.41, 5.74) is 10.9. The van der Waals surface area contributed by atoms with Crippen LogP contribution < -0.4 is 9.47 Å². The predicted molar refractivity (Wildman–Crippen MR) is 213 cm³/mol. The zero-order valence-electron chi connectivity index (χ0n) is 29.5. The van der Waals surface area contributed by atoms with Crippen LogP contribution in [0.4, 0.5) is 0 Å². The molecule has 0 spiro atoms. The monoisotopic (exact) mass is 697 g/mol. The maximum absolute atomic E-state index is 6.76. The van der Waals surface area contributed by atoms with Crippen LogP contribution in [0.1, 0.15) is 25.0 Å². The van der Waals surface area contributed by atoms with E-state index in [-0.39, 0.29) is 5.41 Å². The first kappa shape index (κ1) is 30.6. The van der Waals surface area contributed by atoms with Gasteiger partial charge >= 0.3 is 0 Å². The van der Waals surface area contributed by atoms with E-state index < -0.39 is 0 Å². The number of rotatable bonds is 4. The Morgan fingerprint density at radius 2 is 1.04 bits per heavy atom. The molecular formula is C48H31N3O3. The Morgan fingerprint density at radius 1 is 0.426 bits per heavy atom. The molecule has 2 aliphatic rings. The third kappa shape index (κ3) is 4.56. The van der Waals surface area contributed by atoms with Gasteiger partial charge in [-0.25, -0.2) is 15.0 Å². The summed E-state index contributed by atoms with van der Waals surface area (Å²) in [5.74, 6) is 4.19. The normalized spacial score (nSPS) is 13.4. The number of fused-ring (bicyclic) bond motifs is 9. The van der Waals surface area contributed by atoms with Crippen LogP contribution in [0.3, 0.4) is 0 Å². The van der Waals surface area contributed by atoms with Crippen LogP contribution in [0.15, 0.2) is 156 Å². The highest BCUT2D eigenvalue weighted by Gasteiger charge is 2.40. The Hall–Kier alpha value is -7.05. The minimum Gasteiger partial charge on any atom is -0.455 e. The van der Waals surface area contributed by atoms with Crippen molar-refractivity contribution in [1.82, 2.24) is 15.0 Å². The molecule has 54 heavy (non-hydrogen) atoms. The maximum atomic E-state index is 6.76. The van der Waals surface area contributed by atoms with Gasteiger partial charge in [-0.1, -0.05) is 141 Å². The lowest BCUT2D eigenvalue weighted by Crippen LogP contribution is -2.15. The average molecular weight is 698 g/mol. The standard InChI is InChI=1S/C48H31N3O3/c1-48(2)36-19-8-6-15-34(36)41-37(48)26-27-40-44(41)54-39-21-11-18-35(43(39)53-40)47-50-45(29-12-4-3-5-13-29)49-46(51-47)30-24-22-28(23-25-30)31-16-10-17-33-32-14-7-9-20-38(32)52-42(31)33/h3-27H,1-2H3. The van der Waals surface area contributed by atoms with E-state index in [0.29, 0.717) is 40.3 Å². The van der Waals surface area contributed by atoms with Gasteiger partial charge in [0.15, 0.2) is 40.5 Å². The van der Waals surface area contributed by atoms with Gasteiger partial charge in [-0.2, -0.15) is 0 Å². The van der Waals surface area contributed by atoms with Gasteiger partial charge in [-0.3, -0.25) is 0 Å². The summed E-state index contributed by atoms with van der Waals surface area (Å²) in [6.07, 6.45) is 0. The molecule has 11 rings (SSSR count). The first-order chi connectivity index (χ1) is 26.5. The summed E-state index contributed by atoms with van der Waals surface area (Å²) in [6, 6.07) is 51.3. The van der Waals surface area contributed by atoms with Crippen molar-refractivity contribution < 1.29 is 13.9 Å². The average Bonchev–Trinajstić information content (AvgIpc) is 3.72. The molecule has 0 radical (unpaired) electrons. The van der Waals surface area contributed by atoms with Gasteiger partial charge in [0, 0.05) is 38.4 Å². The van der Waals surface area contributed by atoms with Crippen molar-refractivity contribution in [1.29, 1.82) is 0 Å². The smallest absolute Gasteiger partial charge is 0.181 e. The van der Waals surface area contributed by atoms with Gasteiger partial charge in [-0.05, 0) is 46.5 Å². The Labute approximate surface area is 311 Å². The predicted octanol–water partition coefficient (Wildman–Crippen LogP) is 12.6. The summed E-state index contributed by atoms with van der Waals surface area (Å²) < 4.78 is 19.9. The van der Waals surface area contributed by atoms with Crippen LogP contribution in [0.2, 0.25) is 0 Å². The molecule has 0 atom stereocenters. The van der Waals surface area contributed by atoms with Gasteiger partial charge < -0.3 is 13.9 Å². The third-order valence-electron chi connectivity index (χ3n) is 10.8. The van der Waals surface area contributed by atoms with E-state index >= 15 is 0 Å². The molecule has 3 heterocycles. The lowest BCUT2D eigenvalue weighted by molar-refractivity contribution is 0.361. The second-order valence-corrected chi connectivity index (χ2v) is 14.4. The summed E-state index contributed by atoms with van der Waals surface area (Å²) in [6.45, 7) is 4.52. The van der Waals surface area contributed by atoms with Crippen molar-refractivity contribution in [2.45, 2.75) is 19.3 Å². The molecule has 0 unspecified atom stereocenters. The summed E-state index contributed by atoms with van der Waals surface area (Å²) >= 11 is 0. The minimum atomic E-state index is -0.152. The molecule has 6 heteroatoms. The number of aromatic nitrogens is 3. The third-order valence-corrected chi connectivity index (χ3v) is 10.8. The Bertz CT molecular complexity index is 2970. The van der Waals surface area contributed by atoms with E-state index in [9.17, 15) is 0 Å². The zero-order chi connectivity index (χ0) is 36.0. The molecule has 1 aliphatic carbocycles. The zero-order valence-corrected chi connectivity index (χ0v) is 29.5. The first-order valence-corrected chi connectivity index (χ1v) is 18.1. The van der Waals surface area contributed by atoms with Crippen molar-refractivity contribution in [2.75, 3.05) is 0 Å². The molecule has 0 saturated carbocycles. The second-order valence-electron chi connectivity index (χ2n) is 14.4. The number of furan rings is 1. The number of para-hydroxylation sites is 3. The molecule has 0 bridgehead atoms. The van der Waals surface area contributed by atoms with Gasteiger partial charge in [0.05, 0.1) is 5.56 Å². The molecule has 0 fully saturated rings. The number of nitrogens with zero attached hydrogens (tertiary/aromatic N) is 3. The van der Waals surface area contributed by atoms with Crippen LogP contribution in [-0.2, 0) is 5.41 Å². The number of ether oxygens (including phenoxy) is 2. The maximum Gasteiger partial charge on any atom is 0.181 e. The van der Waals surface area contributed by atoms with E-state index in [1.165, 1.54) is 16.7 Å². The Balaban J connectivity index is 1.01. The highest BCUT2D eigenvalue weighted by atomic mass is 16.6. The molecule has 256 valence electrons. The second kappa shape index (κ2) is 11.5. The Morgan fingerprint density at radius 3 is 1.89 bits per heavy atom. The lowest BCUT2D eigenvalue weighted by Gasteiger charge is -2.26. The van der Waals surface area contributed by atoms with E-state index in [2.05, 4.69) is 92.7 Å². The van der Waals surface area contributed by atoms with Crippen molar-refractivity contribution in [3.63, 3.8) is 0 Å². The quantitative estimate of drug-likeness (QED) is 0.182. The fourth-order valence-electron chi connectivity index (χ4n) is 8.14. The number of hydrogen-bond donors (Lipinski definition) is 0. The molecule has 1 aliphatic heterocycles. The largest absolute Gasteiger partial charge is 0.455 e. The minimum absolute atomic E-state index is 0.152. The van der Waals surface area contributed by atoms with Crippen LogP contribution in [0.25, 0.3) is 78.4 Å². The molecule has 0 saturated heterocycles. The summed E-state index contributed by atoms with van der Waals surface area (Å²) in [4.78, 5) is 15.1. The van der Waals surface area contributed by atoms with E-state index in [1.807, 2.05) is 72.8 Å². The van der Waals surface area contributed by atoms with Gasteiger partial charge in [-0.15, -0.1) is 0 Å². The highest BCUT2D eigenvalue weighted by Crippen LogP contribution is 2.59. The van der Waals surface area contributed by atoms with Crippen LogP contribution in [0.5, 0.6) is 23.0 Å². The van der Waals surface area contributed by atoms with Crippen LogP contribution in [-0.4, -0.2) is 15.0 Å². The molecule has 2 aromatic heterocycles. The molecule has 6 nitrogen and oxygen atoms in total.